The van der Waals surface area contributed by atoms with Crippen LogP contribution >= 0.6 is 39.1 Å². The topological polar surface area (TPSA) is 36.9 Å². The maximum absolute atomic E-state index is 9.40. The van der Waals surface area contributed by atoms with Crippen LogP contribution in [0.3, 0.4) is 0 Å². The summed E-state index contributed by atoms with van der Waals surface area (Å²) >= 11 is 15.6. The number of furan rings is 1. The zero-order chi connectivity index (χ0) is 17.1. The highest BCUT2D eigenvalue weighted by molar-refractivity contribution is 9.10. The van der Waals surface area contributed by atoms with Gasteiger partial charge in [0.2, 0.25) is 0 Å². The molecule has 0 unspecified atom stereocenters. The maximum Gasteiger partial charge on any atom is 0.136 e. The maximum atomic E-state index is 9.40. The Labute approximate surface area is 158 Å². The van der Waals surface area contributed by atoms with E-state index in [0.29, 0.717) is 32.7 Å². The molecule has 0 aliphatic rings. The molecule has 24 heavy (non-hydrogen) atoms. The second kappa shape index (κ2) is 7.27. The number of rotatable bonds is 3. The van der Waals surface area contributed by atoms with Crippen LogP contribution in [-0.4, -0.2) is 0 Å². The molecule has 0 radical (unpaired) electrons. The fourth-order valence-electron chi connectivity index (χ4n) is 2.21. The molecular formula is C19H10BrCl2NO. The van der Waals surface area contributed by atoms with Gasteiger partial charge in [0.25, 0.3) is 0 Å². The van der Waals surface area contributed by atoms with Crippen LogP contribution in [0.4, 0.5) is 0 Å². The molecular weight excluding hydrogens is 409 g/mol. The van der Waals surface area contributed by atoms with Crippen molar-refractivity contribution >= 4 is 50.8 Å². The number of benzene rings is 2. The van der Waals surface area contributed by atoms with Crippen LogP contribution in [0.2, 0.25) is 10.0 Å². The summed E-state index contributed by atoms with van der Waals surface area (Å²) in [6, 6.07) is 18.5. The van der Waals surface area contributed by atoms with Crippen molar-refractivity contribution in [2.24, 2.45) is 0 Å². The first kappa shape index (κ1) is 16.9. The van der Waals surface area contributed by atoms with E-state index >= 15 is 0 Å². The summed E-state index contributed by atoms with van der Waals surface area (Å²) in [4.78, 5) is 0. The molecule has 3 aromatic rings. The van der Waals surface area contributed by atoms with E-state index in [2.05, 4.69) is 22.0 Å². The van der Waals surface area contributed by atoms with E-state index in [-0.39, 0.29) is 0 Å². The molecule has 118 valence electrons. The number of nitriles is 1. The van der Waals surface area contributed by atoms with E-state index in [9.17, 15) is 5.26 Å². The van der Waals surface area contributed by atoms with Crippen LogP contribution < -0.4 is 0 Å². The van der Waals surface area contributed by atoms with E-state index in [1.807, 2.05) is 24.3 Å². The van der Waals surface area contributed by atoms with Gasteiger partial charge in [0.05, 0.1) is 16.7 Å². The largest absolute Gasteiger partial charge is 0.457 e. The van der Waals surface area contributed by atoms with Crippen molar-refractivity contribution in [3.8, 4) is 17.4 Å². The standard InChI is InChI=1S/C19H10BrCl2NO/c20-14-3-1-12(2-4-14)13(11-23)9-16-6-8-19(24-16)17-10-15(21)5-7-18(17)22/h1-10H/b13-9-. The zero-order valence-corrected chi connectivity index (χ0v) is 15.4. The first-order valence-electron chi connectivity index (χ1n) is 7.00. The minimum Gasteiger partial charge on any atom is -0.457 e. The number of halogens is 3. The fourth-order valence-corrected chi connectivity index (χ4v) is 2.86. The van der Waals surface area contributed by atoms with Gasteiger partial charge in [-0.25, -0.2) is 0 Å². The van der Waals surface area contributed by atoms with Crippen molar-refractivity contribution < 1.29 is 4.42 Å². The van der Waals surface area contributed by atoms with Crippen LogP contribution in [0.1, 0.15) is 11.3 Å². The summed E-state index contributed by atoms with van der Waals surface area (Å²) < 4.78 is 6.76. The lowest BCUT2D eigenvalue weighted by molar-refractivity contribution is 0.572. The Balaban J connectivity index is 1.96. The monoisotopic (exact) mass is 417 g/mol. The van der Waals surface area contributed by atoms with Gasteiger partial charge in [-0.05, 0) is 54.1 Å². The highest BCUT2D eigenvalue weighted by Crippen LogP contribution is 2.32. The van der Waals surface area contributed by atoms with Crippen LogP contribution in [0.15, 0.2) is 63.5 Å². The number of hydrogen-bond donors (Lipinski definition) is 0. The lowest BCUT2D eigenvalue weighted by atomic mass is 10.1. The third-order valence-corrected chi connectivity index (χ3v) is 4.48. The summed E-state index contributed by atoms with van der Waals surface area (Å²) in [5.41, 5.74) is 2.05. The number of hydrogen-bond acceptors (Lipinski definition) is 2. The van der Waals surface area contributed by atoms with Crippen LogP contribution in [0.25, 0.3) is 23.0 Å². The molecule has 0 aliphatic heterocycles. The van der Waals surface area contributed by atoms with E-state index < -0.39 is 0 Å². The number of nitrogens with zero attached hydrogens (tertiary/aromatic N) is 1. The van der Waals surface area contributed by atoms with Gasteiger partial charge in [-0.2, -0.15) is 5.26 Å². The smallest absolute Gasteiger partial charge is 0.136 e. The third-order valence-electron chi connectivity index (χ3n) is 3.38. The molecule has 5 heteroatoms. The minimum atomic E-state index is 0.514. The average molecular weight is 419 g/mol. The normalized spacial score (nSPS) is 11.3. The molecule has 0 bridgehead atoms. The first-order valence-corrected chi connectivity index (χ1v) is 8.55. The molecule has 2 nitrogen and oxygen atoms in total. The molecule has 0 saturated carbocycles. The Morgan fingerprint density at radius 1 is 1.04 bits per heavy atom. The van der Waals surface area contributed by atoms with Crippen molar-refractivity contribution in [3.05, 3.63) is 80.4 Å². The molecule has 1 heterocycles. The van der Waals surface area contributed by atoms with E-state index in [4.69, 9.17) is 27.6 Å². The Kier molecular flexibility index (Phi) is 5.11. The fraction of sp³-hybridized carbons (Fsp3) is 0. The summed E-state index contributed by atoms with van der Waals surface area (Å²) in [7, 11) is 0. The van der Waals surface area contributed by atoms with Crippen molar-refractivity contribution in [2.45, 2.75) is 0 Å². The van der Waals surface area contributed by atoms with Gasteiger partial charge < -0.3 is 4.42 Å². The van der Waals surface area contributed by atoms with Gasteiger partial charge in [0.1, 0.15) is 11.5 Å². The zero-order valence-electron chi connectivity index (χ0n) is 12.3. The molecule has 0 atom stereocenters. The summed E-state index contributed by atoms with van der Waals surface area (Å²) in [6.45, 7) is 0. The van der Waals surface area contributed by atoms with Crippen LogP contribution in [-0.2, 0) is 0 Å². The summed E-state index contributed by atoms with van der Waals surface area (Å²) in [6.07, 6.45) is 1.70. The Bertz CT molecular complexity index is 952. The lowest BCUT2D eigenvalue weighted by Crippen LogP contribution is -1.81. The van der Waals surface area contributed by atoms with Gasteiger partial charge in [-0.15, -0.1) is 0 Å². The van der Waals surface area contributed by atoms with Gasteiger partial charge in [0.15, 0.2) is 0 Å². The Morgan fingerprint density at radius 2 is 1.79 bits per heavy atom. The molecule has 3 rings (SSSR count). The molecule has 2 aromatic carbocycles. The molecule has 0 saturated heterocycles. The molecule has 0 fully saturated rings. The van der Waals surface area contributed by atoms with E-state index in [1.165, 1.54) is 0 Å². The lowest BCUT2D eigenvalue weighted by Gasteiger charge is -2.01. The predicted molar refractivity (Wildman–Crippen MR) is 102 cm³/mol. The van der Waals surface area contributed by atoms with Crippen LogP contribution in [0, 0.1) is 11.3 Å². The second-order valence-electron chi connectivity index (χ2n) is 5.00. The minimum absolute atomic E-state index is 0.514. The van der Waals surface area contributed by atoms with Crippen LogP contribution in [0.5, 0.6) is 0 Å². The van der Waals surface area contributed by atoms with Gasteiger partial charge in [-0.1, -0.05) is 51.3 Å². The van der Waals surface area contributed by atoms with E-state index in [0.717, 1.165) is 10.0 Å². The average Bonchev–Trinajstić information content (AvgIpc) is 3.04. The Morgan fingerprint density at radius 3 is 2.50 bits per heavy atom. The molecule has 1 aromatic heterocycles. The van der Waals surface area contributed by atoms with Gasteiger partial charge in [-0.3, -0.25) is 0 Å². The van der Waals surface area contributed by atoms with Crippen molar-refractivity contribution in [2.75, 3.05) is 0 Å². The van der Waals surface area contributed by atoms with Crippen molar-refractivity contribution in [1.82, 2.24) is 0 Å². The molecule has 0 aliphatic carbocycles. The third kappa shape index (κ3) is 3.73. The number of allylic oxidation sites excluding steroid dienone is 1. The molecule has 0 amide bonds. The quantitative estimate of drug-likeness (QED) is 0.426. The molecule has 0 spiro atoms. The highest BCUT2D eigenvalue weighted by Gasteiger charge is 2.10. The SMILES string of the molecule is N#C/C(=C/c1ccc(-c2cc(Cl)ccc2Cl)o1)c1ccc(Br)cc1. The molecule has 0 N–H and O–H groups in total. The van der Waals surface area contributed by atoms with E-state index in [1.54, 1.807) is 36.4 Å². The van der Waals surface area contributed by atoms with Crippen molar-refractivity contribution in [3.63, 3.8) is 0 Å². The second-order valence-corrected chi connectivity index (χ2v) is 6.76. The van der Waals surface area contributed by atoms with Gasteiger partial charge in [0, 0.05) is 15.1 Å². The highest BCUT2D eigenvalue weighted by atomic mass is 79.9. The van der Waals surface area contributed by atoms with Gasteiger partial charge >= 0.3 is 0 Å². The predicted octanol–water partition coefficient (Wildman–Crippen LogP) is 7.08. The Hall–Kier alpha value is -1.99. The van der Waals surface area contributed by atoms with Crippen molar-refractivity contribution in [1.29, 1.82) is 5.26 Å². The first-order chi connectivity index (χ1) is 11.6. The summed E-state index contributed by atoms with van der Waals surface area (Å²) in [5.74, 6) is 1.17. The summed E-state index contributed by atoms with van der Waals surface area (Å²) in [5, 5.41) is 10.5.